The summed E-state index contributed by atoms with van der Waals surface area (Å²) < 4.78 is 30.5. The van der Waals surface area contributed by atoms with Crippen molar-refractivity contribution in [1.82, 2.24) is 10.9 Å². The molecule has 5 aromatic carbocycles. The second kappa shape index (κ2) is 22.3. The smallest absolute Gasteiger partial charge is 0.306 e. The number of hydrazine groups is 1. The molecular weight excluding hydrogens is 801 g/mol. The summed E-state index contributed by atoms with van der Waals surface area (Å²) in [6.07, 6.45) is -0.272. The van der Waals surface area contributed by atoms with Crippen LogP contribution in [-0.2, 0) is 45.2 Å². The molecule has 0 saturated heterocycles. The highest BCUT2D eigenvalue weighted by Gasteiger charge is 2.54. The predicted octanol–water partition coefficient (Wildman–Crippen LogP) is 8.66. The maximum Gasteiger partial charge on any atom is 0.306 e. The van der Waals surface area contributed by atoms with E-state index in [2.05, 4.69) is 20.9 Å². The van der Waals surface area contributed by atoms with Crippen LogP contribution in [0, 0.1) is 0 Å². The zero-order valence-electron chi connectivity index (χ0n) is 35.9. The van der Waals surface area contributed by atoms with Crippen molar-refractivity contribution in [3.63, 3.8) is 0 Å². The second-order valence-electron chi connectivity index (χ2n) is 15.9. The van der Waals surface area contributed by atoms with Gasteiger partial charge in [0.2, 0.25) is 5.90 Å². The molecule has 6 rings (SSSR count). The third kappa shape index (κ3) is 13.1. The van der Waals surface area contributed by atoms with Gasteiger partial charge in [-0.3, -0.25) is 15.0 Å². The molecule has 0 aromatic heterocycles. The first kappa shape index (κ1) is 45.7. The first-order valence-corrected chi connectivity index (χ1v) is 21.0. The largest absolute Gasteiger partial charge is 0.494 e. The number of aliphatic hydroxyl groups is 1. The summed E-state index contributed by atoms with van der Waals surface area (Å²) >= 11 is 0. The molecule has 0 saturated carbocycles. The molecule has 1 aliphatic rings. The van der Waals surface area contributed by atoms with Crippen LogP contribution in [0.15, 0.2) is 138 Å². The van der Waals surface area contributed by atoms with Gasteiger partial charge in [0.1, 0.15) is 24.6 Å². The molecule has 0 fully saturated rings. The van der Waals surface area contributed by atoms with E-state index in [1.165, 1.54) is 0 Å². The number of nitrogens with zero attached hydrogens (tertiary/aromatic N) is 4. The van der Waals surface area contributed by atoms with Gasteiger partial charge >= 0.3 is 5.97 Å². The lowest BCUT2D eigenvalue weighted by Crippen LogP contribution is -2.53. The summed E-state index contributed by atoms with van der Waals surface area (Å²) in [4.78, 5) is 36.0. The van der Waals surface area contributed by atoms with Gasteiger partial charge in [-0.25, -0.2) is 10.4 Å². The topological polar surface area (TPSA) is 186 Å². The lowest BCUT2D eigenvalue weighted by atomic mass is 9.82. The Kier molecular flexibility index (Phi) is 16.2. The molecule has 0 spiro atoms. The van der Waals surface area contributed by atoms with Crippen LogP contribution in [0.1, 0.15) is 79.5 Å². The average Bonchev–Trinajstić information content (AvgIpc) is 3.69. The van der Waals surface area contributed by atoms with E-state index < -0.39 is 29.1 Å². The molecule has 0 unspecified atom stereocenters. The third-order valence-corrected chi connectivity index (χ3v) is 10.0. The van der Waals surface area contributed by atoms with E-state index in [1.54, 1.807) is 63.2 Å². The third-order valence-electron chi connectivity index (χ3n) is 10.0. The first-order chi connectivity index (χ1) is 30.6. The lowest BCUT2D eigenvalue weighted by Gasteiger charge is -2.31. The Labute approximate surface area is 367 Å². The van der Waals surface area contributed by atoms with Gasteiger partial charge < -0.3 is 28.8 Å². The van der Waals surface area contributed by atoms with Crippen molar-refractivity contribution in [3.8, 4) is 17.2 Å². The monoisotopic (exact) mass is 854 g/mol. The molecule has 5 aromatic rings. The molecule has 1 aliphatic heterocycles. The minimum absolute atomic E-state index is 0.00308. The molecule has 14 heteroatoms. The average molecular weight is 855 g/mol. The van der Waals surface area contributed by atoms with Gasteiger partial charge in [0, 0.05) is 36.5 Å². The number of carbonyl (C=O) groups is 2. The number of ether oxygens (including phenoxy) is 5. The highest BCUT2D eigenvalue weighted by atomic mass is 16.6. The fraction of sp³-hybridized carbons (Fsp3) is 0.327. The lowest BCUT2D eigenvalue weighted by molar-refractivity contribution is -0.155. The van der Waals surface area contributed by atoms with Crippen molar-refractivity contribution in [2.24, 2.45) is 10.1 Å². The summed E-state index contributed by atoms with van der Waals surface area (Å²) in [5.41, 5.74) is 17.5. The van der Waals surface area contributed by atoms with Crippen molar-refractivity contribution in [2.45, 2.75) is 83.5 Å². The summed E-state index contributed by atoms with van der Waals surface area (Å²) in [6, 6.07) is 39.9. The van der Waals surface area contributed by atoms with Crippen molar-refractivity contribution < 1.29 is 38.4 Å². The number of nitrogens with one attached hydrogen (secondary N) is 2. The molecule has 0 radical (unpaired) electrons. The zero-order valence-corrected chi connectivity index (χ0v) is 35.9. The SMILES string of the molecule is CC(C)(C)OC(=O)CC[C@]1(C(=O)NNCCc2ccc(OCc3ccccc3)c(OCc3ccccc3)c2)N=C(c2ccc(OCCCO)cc2)O[C@H]1c1ccccc1CN=[N+]=[N-]. The quantitative estimate of drug-likeness (QED) is 0.0153. The Morgan fingerprint density at radius 1 is 0.841 bits per heavy atom. The first-order valence-electron chi connectivity index (χ1n) is 21.0. The number of rotatable bonds is 22. The Morgan fingerprint density at radius 2 is 1.51 bits per heavy atom. The minimum atomic E-state index is -1.68. The Balaban J connectivity index is 1.25. The number of benzene rings is 5. The van der Waals surface area contributed by atoms with Crippen molar-refractivity contribution in [1.29, 1.82) is 0 Å². The van der Waals surface area contributed by atoms with Gasteiger partial charge in [-0.2, -0.15) is 0 Å². The number of amides is 1. The number of hydrogen-bond donors (Lipinski definition) is 3. The molecule has 2 atom stereocenters. The van der Waals surface area contributed by atoms with Crippen LogP contribution in [0.2, 0.25) is 0 Å². The van der Waals surface area contributed by atoms with Crippen LogP contribution in [0.3, 0.4) is 0 Å². The van der Waals surface area contributed by atoms with Gasteiger partial charge in [0.25, 0.3) is 5.91 Å². The maximum absolute atomic E-state index is 14.8. The fourth-order valence-corrected chi connectivity index (χ4v) is 6.94. The molecule has 0 aliphatic carbocycles. The molecular formula is C49H54N6O8. The van der Waals surface area contributed by atoms with E-state index in [4.69, 9.17) is 28.7 Å². The van der Waals surface area contributed by atoms with Crippen LogP contribution in [-0.4, -0.2) is 53.8 Å². The molecule has 328 valence electrons. The molecule has 1 heterocycles. The summed E-state index contributed by atoms with van der Waals surface area (Å²) in [7, 11) is 0. The van der Waals surface area contributed by atoms with Gasteiger partial charge in [-0.1, -0.05) is 96.1 Å². The summed E-state index contributed by atoms with van der Waals surface area (Å²) in [5, 5.41) is 13.0. The van der Waals surface area contributed by atoms with Crippen LogP contribution in [0.5, 0.6) is 17.2 Å². The van der Waals surface area contributed by atoms with Crippen molar-refractivity contribution >= 4 is 17.8 Å². The van der Waals surface area contributed by atoms with Crippen LogP contribution < -0.4 is 25.1 Å². The minimum Gasteiger partial charge on any atom is -0.494 e. The van der Waals surface area contributed by atoms with Crippen LogP contribution in [0.25, 0.3) is 10.4 Å². The molecule has 14 nitrogen and oxygen atoms in total. The predicted molar refractivity (Wildman–Crippen MR) is 239 cm³/mol. The zero-order chi connectivity index (χ0) is 44.5. The van der Waals surface area contributed by atoms with E-state index in [-0.39, 0.29) is 31.9 Å². The van der Waals surface area contributed by atoms with E-state index in [0.717, 1.165) is 16.7 Å². The Bertz CT molecular complexity index is 2350. The van der Waals surface area contributed by atoms with E-state index >= 15 is 0 Å². The number of aliphatic imine (C=N–C) groups is 1. The van der Waals surface area contributed by atoms with E-state index in [9.17, 15) is 20.2 Å². The molecule has 1 amide bonds. The number of hydrogen-bond acceptors (Lipinski definition) is 11. The van der Waals surface area contributed by atoms with Gasteiger partial charge in [0.15, 0.2) is 23.1 Å². The second-order valence-corrected chi connectivity index (χ2v) is 15.9. The number of azide groups is 1. The normalized spacial score (nSPS) is 15.6. The molecule has 63 heavy (non-hydrogen) atoms. The Morgan fingerprint density at radius 3 is 2.17 bits per heavy atom. The summed E-state index contributed by atoms with van der Waals surface area (Å²) in [5.74, 6) is 0.928. The van der Waals surface area contributed by atoms with E-state index in [1.807, 2.05) is 84.9 Å². The van der Waals surface area contributed by atoms with Crippen LogP contribution >= 0.6 is 0 Å². The highest BCUT2D eigenvalue weighted by Crippen LogP contribution is 2.44. The maximum atomic E-state index is 14.8. The van der Waals surface area contributed by atoms with Gasteiger partial charge in [0.05, 0.1) is 13.2 Å². The number of carbonyl (C=O) groups excluding carboxylic acids is 2. The highest BCUT2D eigenvalue weighted by molar-refractivity contribution is 6.01. The standard InChI is InChI=1S/C49H54N6O8/c1-48(2,3)63-44(57)25-27-49(45(41-18-11-10-17-39(41)32-52-55-50)62-46(53-49)38-20-22-40(23-21-38)59-30-12-29-56)47(58)54-51-28-26-35-19-24-42(60-33-36-13-6-4-7-14-36)43(31-35)61-34-37-15-8-5-9-16-37/h4-11,13-24,31,45,51,56H,12,25-30,32-34H2,1-3H3,(H,54,58)/t45-,49-/m0/s1. The molecule has 0 bridgehead atoms. The molecule has 3 N–H and O–H groups in total. The van der Waals surface area contributed by atoms with Crippen molar-refractivity contribution in [3.05, 3.63) is 171 Å². The fourth-order valence-electron chi connectivity index (χ4n) is 6.94. The van der Waals surface area contributed by atoms with Gasteiger partial charge in [-0.15, -0.1) is 0 Å². The van der Waals surface area contributed by atoms with Crippen LogP contribution in [0.4, 0.5) is 0 Å². The van der Waals surface area contributed by atoms with Gasteiger partial charge in [-0.05, 0) is 103 Å². The van der Waals surface area contributed by atoms with E-state index in [0.29, 0.717) is 73.1 Å². The number of aliphatic hydroxyl groups excluding tert-OH is 1. The van der Waals surface area contributed by atoms with Crippen molar-refractivity contribution in [2.75, 3.05) is 19.8 Å². The number of esters is 1. The Hall–Kier alpha value is -6.86. The summed E-state index contributed by atoms with van der Waals surface area (Å²) in [6.45, 7) is 6.74.